The number of ether oxygens (including phenoxy) is 2. The molecule has 0 saturated carbocycles. The fourth-order valence-electron chi connectivity index (χ4n) is 5.96. The van der Waals surface area contributed by atoms with Gasteiger partial charge in [0.25, 0.3) is 0 Å². The fraction of sp³-hybridized carbons (Fsp3) is 0.400. The summed E-state index contributed by atoms with van der Waals surface area (Å²) in [6, 6.07) is 17.3. The number of likely N-dealkylation sites (tertiary alicyclic amines) is 1. The minimum absolute atomic E-state index is 0.0260. The molecule has 0 aliphatic carbocycles. The molecule has 12 nitrogen and oxygen atoms in total. The molecule has 12 heteroatoms. The summed E-state index contributed by atoms with van der Waals surface area (Å²) in [5.74, 6) is 1.81. The smallest absolute Gasteiger partial charge is 0.410 e. The Balaban J connectivity index is 1.10. The van der Waals surface area contributed by atoms with Crippen LogP contribution in [-0.4, -0.2) is 97.9 Å². The number of nitrogen functional groups attached to an aromatic ring is 1. The Hall–Kier alpha value is -4.97. The third kappa shape index (κ3) is 7.71. The SMILES string of the molecule is CC(C)(C)OC(=O)N1CCN(C/C=C/C(=O)N2CCCC(n3nc(-c4ccc(Oc5ccccc5)cc4)c4c(N)ncnc43)C2)CC1. The summed E-state index contributed by atoms with van der Waals surface area (Å²) in [6.07, 6.45) is 6.46. The molecule has 2 aliphatic heterocycles. The molecule has 2 saturated heterocycles. The number of anilines is 1. The second kappa shape index (κ2) is 13.8. The van der Waals surface area contributed by atoms with Crippen molar-refractivity contribution in [2.24, 2.45) is 0 Å². The summed E-state index contributed by atoms with van der Waals surface area (Å²) in [5.41, 5.74) is 8.08. The predicted octanol–water partition coefficient (Wildman–Crippen LogP) is 5.14. The third-order valence-electron chi connectivity index (χ3n) is 8.33. The van der Waals surface area contributed by atoms with Crippen molar-refractivity contribution in [2.45, 2.75) is 45.3 Å². The van der Waals surface area contributed by atoms with Crippen LogP contribution < -0.4 is 10.5 Å². The molecule has 2 aromatic carbocycles. The predicted molar refractivity (Wildman–Crippen MR) is 180 cm³/mol. The van der Waals surface area contributed by atoms with Crippen LogP contribution in [0.15, 0.2) is 73.1 Å². The van der Waals surface area contributed by atoms with Crippen molar-refractivity contribution in [3.63, 3.8) is 0 Å². The molecule has 2 amide bonds. The van der Waals surface area contributed by atoms with Crippen molar-refractivity contribution in [2.75, 3.05) is 51.5 Å². The highest BCUT2D eigenvalue weighted by atomic mass is 16.6. The van der Waals surface area contributed by atoms with Gasteiger partial charge in [-0.2, -0.15) is 5.10 Å². The van der Waals surface area contributed by atoms with Crippen LogP contribution >= 0.6 is 0 Å². The summed E-state index contributed by atoms with van der Waals surface area (Å²) < 4.78 is 13.4. The number of piperazine rings is 1. The van der Waals surface area contributed by atoms with Gasteiger partial charge in [-0.15, -0.1) is 0 Å². The van der Waals surface area contributed by atoms with E-state index in [-0.39, 0.29) is 18.0 Å². The van der Waals surface area contributed by atoms with E-state index in [0.717, 1.165) is 37.2 Å². The highest BCUT2D eigenvalue weighted by Crippen LogP contribution is 2.35. The molecule has 2 aromatic heterocycles. The van der Waals surface area contributed by atoms with E-state index in [1.54, 1.807) is 11.0 Å². The Morgan fingerprint density at radius 2 is 1.66 bits per heavy atom. The van der Waals surface area contributed by atoms with Crippen LogP contribution in [-0.2, 0) is 9.53 Å². The number of amides is 2. The molecule has 47 heavy (non-hydrogen) atoms. The zero-order valence-electron chi connectivity index (χ0n) is 27.2. The van der Waals surface area contributed by atoms with Crippen LogP contribution in [0.3, 0.4) is 0 Å². The number of rotatable bonds is 7. The van der Waals surface area contributed by atoms with Gasteiger partial charge >= 0.3 is 6.09 Å². The van der Waals surface area contributed by atoms with Crippen LogP contribution in [0.5, 0.6) is 11.5 Å². The number of para-hydroxylation sites is 1. The highest BCUT2D eigenvalue weighted by molar-refractivity contribution is 5.98. The fourth-order valence-corrected chi connectivity index (χ4v) is 5.96. The normalized spacial score (nSPS) is 17.7. The van der Waals surface area contributed by atoms with Crippen molar-refractivity contribution in [1.29, 1.82) is 0 Å². The molecule has 246 valence electrons. The molecule has 0 bridgehead atoms. The number of carbonyl (C=O) groups is 2. The molecule has 4 heterocycles. The molecule has 4 aromatic rings. The summed E-state index contributed by atoms with van der Waals surface area (Å²) in [7, 11) is 0. The van der Waals surface area contributed by atoms with Crippen LogP contribution in [0, 0.1) is 0 Å². The van der Waals surface area contributed by atoms with Crippen LogP contribution in [0.4, 0.5) is 10.6 Å². The monoisotopic (exact) mass is 638 g/mol. The first-order chi connectivity index (χ1) is 22.6. The lowest BCUT2D eigenvalue weighted by atomic mass is 10.1. The Morgan fingerprint density at radius 1 is 0.936 bits per heavy atom. The topological polar surface area (TPSA) is 132 Å². The summed E-state index contributed by atoms with van der Waals surface area (Å²) in [4.78, 5) is 40.3. The first-order valence-electron chi connectivity index (χ1n) is 16.1. The van der Waals surface area contributed by atoms with E-state index in [1.807, 2.05) is 91.0 Å². The number of carbonyl (C=O) groups excluding carboxylic acids is 2. The Labute approximate surface area is 274 Å². The van der Waals surface area contributed by atoms with Crippen molar-refractivity contribution in [1.82, 2.24) is 34.4 Å². The van der Waals surface area contributed by atoms with Crippen LogP contribution in [0.2, 0.25) is 0 Å². The second-order valence-electron chi connectivity index (χ2n) is 12.9. The van der Waals surface area contributed by atoms with Gasteiger partial charge in [0.2, 0.25) is 5.91 Å². The van der Waals surface area contributed by atoms with E-state index >= 15 is 0 Å². The lowest BCUT2D eigenvalue weighted by molar-refractivity contribution is -0.127. The molecule has 0 radical (unpaired) electrons. The van der Waals surface area contributed by atoms with Gasteiger partial charge in [-0.1, -0.05) is 24.3 Å². The molecule has 2 fully saturated rings. The van der Waals surface area contributed by atoms with Crippen molar-refractivity contribution < 1.29 is 19.1 Å². The Kier molecular flexibility index (Phi) is 9.39. The summed E-state index contributed by atoms with van der Waals surface area (Å²) >= 11 is 0. The molecule has 0 spiro atoms. The van der Waals surface area contributed by atoms with Crippen molar-refractivity contribution in [3.8, 4) is 22.8 Å². The standard InChI is InChI=1S/C35H42N8O4/c1-35(2,3)47-34(45)41-21-19-40(20-22-41)17-8-12-29(44)42-18-7-9-26(23-42)43-33-30(32(36)37-24-38-33)31(39-43)25-13-15-28(16-14-25)46-27-10-5-4-6-11-27/h4-6,8,10-16,24,26H,7,9,17-23H2,1-3H3,(H2,36,37,38)/b12-8+. The first kappa shape index (κ1) is 32.0. The van der Waals surface area contributed by atoms with E-state index < -0.39 is 5.60 Å². The average Bonchev–Trinajstić information content (AvgIpc) is 3.46. The van der Waals surface area contributed by atoms with Gasteiger partial charge in [0.15, 0.2) is 5.65 Å². The van der Waals surface area contributed by atoms with Gasteiger partial charge in [0, 0.05) is 57.5 Å². The number of hydrogen-bond acceptors (Lipinski definition) is 9. The maximum absolute atomic E-state index is 13.3. The lowest BCUT2D eigenvalue weighted by Crippen LogP contribution is -2.50. The maximum atomic E-state index is 13.3. The first-order valence-corrected chi connectivity index (χ1v) is 16.1. The summed E-state index contributed by atoms with van der Waals surface area (Å²) in [6.45, 7) is 10.1. The molecular weight excluding hydrogens is 596 g/mol. The molecular formula is C35H42N8O4. The molecule has 1 atom stereocenters. The molecule has 1 unspecified atom stereocenters. The van der Waals surface area contributed by atoms with Crippen LogP contribution in [0.1, 0.15) is 39.7 Å². The van der Waals surface area contributed by atoms with Gasteiger partial charge < -0.3 is 25.0 Å². The van der Waals surface area contributed by atoms with Crippen LogP contribution in [0.25, 0.3) is 22.3 Å². The van der Waals surface area contributed by atoms with Crippen molar-refractivity contribution in [3.05, 3.63) is 73.1 Å². The zero-order chi connectivity index (χ0) is 33.0. The number of fused-ring (bicyclic) bond motifs is 1. The van der Waals surface area contributed by atoms with E-state index in [9.17, 15) is 9.59 Å². The average molecular weight is 639 g/mol. The zero-order valence-corrected chi connectivity index (χ0v) is 27.2. The minimum Gasteiger partial charge on any atom is -0.457 e. The quantitative estimate of drug-likeness (QED) is 0.273. The molecule has 2 aliphatic rings. The number of nitrogens with zero attached hydrogens (tertiary/aromatic N) is 7. The minimum atomic E-state index is -0.510. The Bertz CT molecular complexity index is 1720. The summed E-state index contributed by atoms with van der Waals surface area (Å²) in [5, 5.41) is 5.70. The molecule has 6 rings (SSSR count). The number of hydrogen-bond donors (Lipinski definition) is 1. The number of piperidine rings is 1. The largest absolute Gasteiger partial charge is 0.457 e. The lowest BCUT2D eigenvalue weighted by Gasteiger charge is -2.35. The number of nitrogens with two attached hydrogens (primary N) is 1. The van der Waals surface area contributed by atoms with Gasteiger partial charge in [-0.25, -0.2) is 19.4 Å². The number of aromatic nitrogens is 4. The maximum Gasteiger partial charge on any atom is 0.410 e. The van der Waals surface area contributed by atoms with Gasteiger partial charge in [-0.3, -0.25) is 9.69 Å². The third-order valence-corrected chi connectivity index (χ3v) is 8.33. The van der Waals surface area contributed by atoms with E-state index in [4.69, 9.17) is 20.3 Å². The van der Waals surface area contributed by atoms with Crippen molar-refractivity contribution >= 4 is 28.9 Å². The van der Waals surface area contributed by atoms with E-state index in [1.165, 1.54) is 6.33 Å². The van der Waals surface area contributed by atoms with E-state index in [0.29, 0.717) is 61.0 Å². The highest BCUT2D eigenvalue weighted by Gasteiger charge is 2.29. The number of benzene rings is 2. The second-order valence-corrected chi connectivity index (χ2v) is 12.9. The molecule has 2 N–H and O–H groups in total. The van der Waals surface area contributed by atoms with Gasteiger partial charge in [0.1, 0.15) is 34.9 Å². The van der Waals surface area contributed by atoms with Gasteiger partial charge in [0.05, 0.1) is 11.4 Å². The Morgan fingerprint density at radius 3 is 2.38 bits per heavy atom. The van der Waals surface area contributed by atoms with Gasteiger partial charge in [-0.05, 0) is 70.0 Å². The van der Waals surface area contributed by atoms with E-state index in [2.05, 4.69) is 14.9 Å².